The number of carbonyl (C=O) groups is 2. The Bertz CT molecular complexity index is 245. The van der Waals surface area contributed by atoms with Gasteiger partial charge in [-0.3, -0.25) is 9.59 Å². The van der Waals surface area contributed by atoms with Gasteiger partial charge in [-0.25, -0.2) is 0 Å². The van der Waals surface area contributed by atoms with Crippen molar-refractivity contribution in [3.8, 4) is 6.07 Å². The van der Waals surface area contributed by atoms with Gasteiger partial charge < -0.3 is 10.6 Å². The number of hydrogen-bond donors (Lipinski definition) is 2. The summed E-state index contributed by atoms with van der Waals surface area (Å²) in [4.78, 5) is 22.0. The lowest BCUT2D eigenvalue weighted by molar-refractivity contribution is -0.123. The zero-order chi connectivity index (χ0) is 11.0. The first-order valence-corrected chi connectivity index (χ1v) is 4.55. The van der Waals surface area contributed by atoms with Gasteiger partial charge in [-0.05, 0) is 13.8 Å². The molecular weight excluding hydrogens is 182 g/mol. The molecule has 0 bridgehead atoms. The van der Waals surface area contributed by atoms with Crippen molar-refractivity contribution in [1.82, 2.24) is 10.6 Å². The Labute approximate surface area is 83.5 Å². The van der Waals surface area contributed by atoms with Crippen molar-refractivity contribution in [2.24, 2.45) is 5.92 Å². The van der Waals surface area contributed by atoms with E-state index in [0.29, 0.717) is 6.54 Å². The third kappa shape index (κ3) is 5.14. The van der Waals surface area contributed by atoms with Crippen molar-refractivity contribution >= 4 is 11.8 Å². The topological polar surface area (TPSA) is 82.0 Å². The lowest BCUT2D eigenvalue weighted by Crippen LogP contribution is -2.33. The van der Waals surface area contributed by atoms with Crippen molar-refractivity contribution in [2.45, 2.75) is 20.3 Å². The van der Waals surface area contributed by atoms with Gasteiger partial charge in [-0.2, -0.15) is 5.26 Å². The van der Waals surface area contributed by atoms with E-state index in [4.69, 9.17) is 5.26 Å². The molecule has 0 aliphatic heterocycles. The molecule has 0 saturated carbocycles. The number of hydrogen-bond acceptors (Lipinski definition) is 3. The SMILES string of the molecule is CCNC(=O)CCNC(=O)C(C)C#N. The molecule has 5 nitrogen and oxygen atoms in total. The van der Waals surface area contributed by atoms with E-state index in [1.54, 1.807) is 0 Å². The summed E-state index contributed by atoms with van der Waals surface area (Å²) in [5.74, 6) is -1.10. The van der Waals surface area contributed by atoms with Crippen LogP contribution < -0.4 is 10.6 Å². The molecule has 0 aromatic rings. The van der Waals surface area contributed by atoms with Crippen LogP contribution in [0.2, 0.25) is 0 Å². The number of rotatable bonds is 5. The minimum atomic E-state index is -0.663. The fourth-order valence-corrected chi connectivity index (χ4v) is 0.797. The molecule has 5 heteroatoms. The Morgan fingerprint density at radius 1 is 1.43 bits per heavy atom. The van der Waals surface area contributed by atoms with Crippen LogP contribution in [-0.2, 0) is 9.59 Å². The maximum absolute atomic E-state index is 11.0. The van der Waals surface area contributed by atoms with E-state index in [2.05, 4.69) is 10.6 Å². The van der Waals surface area contributed by atoms with Crippen LogP contribution in [0, 0.1) is 17.2 Å². The summed E-state index contributed by atoms with van der Waals surface area (Å²) < 4.78 is 0. The van der Waals surface area contributed by atoms with Gasteiger partial charge in [0.2, 0.25) is 11.8 Å². The maximum Gasteiger partial charge on any atom is 0.237 e. The van der Waals surface area contributed by atoms with Crippen LogP contribution >= 0.6 is 0 Å². The van der Waals surface area contributed by atoms with Gasteiger partial charge >= 0.3 is 0 Å². The Kier molecular flexibility index (Phi) is 6.12. The quantitative estimate of drug-likeness (QED) is 0.639. The first-order valence-electron chi connectivity index (χ1n) is 4.55. The van der Waals surface area contributed by atoms with Gasteiger partial charge in [0.15, 0.2) is 0 Å². The molecule has 2 amide bonds. The van der Waals surface area contributed by atoms with Crippen molar-refractivity contribution < 1.29 is 9.59 Å². The fourth-order valence-electron chi connectivity index (χ4n) is 0.797. The molecule has 0 aliphatic rings. The van der Waals surface area contributed by atoms with Crippen molar-refractivity contribution in [3.05, 3.63) is 0 Å². The minimum absolute atomic E-state index is 0.0996. The Morgan fingerprint density at radius 3 is 2.57 bits per heavy atom. The number of carbonyl (C=O) groups excluding carboxylic acids is 2. The van der Waals surface area contributed by atoms with Gasteiger partial charge in [-0.15, -0.1) is 0 Å². The van der Waals surface area contributed by atoms with Gasteiger partial charge in [-0.1, -0.05) is 0 Å². The molecule has 1 atom stereocenters. The molecule has 0 rings (SSSR count). The smallest absolute Gasteiger partial charge is 0.237 e. The molecule has 0 fully saturated rings. The average molecular weight is 197 g/mol. The molecule has 0 aromatic heterocycles. The van der Waals surface area contributed by atoms with E-state index in [1.165, 1.54) is 6.92 Å². The average Bonchev–Trinajstić information content (AvgIpc) is 2.16. The Hall–Kier alpha value is -1.57. The van der Waals surface area contributed by atoms with Gasteiger partial charge in [0.05, 0.1) is 6.07 Å². The highest BCUT2D eigenvalue weighted by Gasteiger charge is 2.10. The summed E-state index contributed by atoms with van der Waals surface area (Å²) in [6, 6.07) is 1.82. The predicted octanol–water partition coefficient (Wildman–Crippen LogP) is -0.212. The first kappa shape index (κ1) is 12.4. The largest absolute Gasteiger partial charge is 0.356 e. The van der Waals surface area contributed by atoms with Crippen LogP contribution in [0.1, 0.15) is 20.3 Å². The summed E-state index contributed by atoms with van der Waals surface area (Å²) in [5.41, 5.74) is 0. The van der Waals surface area contributed by atoms with Crippen LogP contribution in [0.25, 0.3) is 0 Å². The van der Waals surface area contributed by atoms with Crippen molar-refractivity contribution in [2.75, 3.05) is 13.1 Å². The predicted molar refractivity (Wildman–Crippen MR) is 51.1 cm³/mol. The number of nitriles is 1. The lowest BCUT2D eigenvalue weighted by atomic mass is 10.2. The molecule has 0 aliphatic carbocycles. The molecule has 78 valence electrons. The summed E-state index contributed by atoms with van der Waals surface area (Å²) in [7, 11) is 0. The van der Waals surface area contributed by atoms with Crippen LogP contribution in [0.4, 0.5) is 0 Å². The summed E-state index contributed by atoms with van der Waals surface area (Å²) >= 11 is 0. The van der Waals surface area contributed by atoms with Crippen LogP contribution in [0.15, 0.2) is 0 Å². The molecule has 0 heterocycles. The Morgan fingerprint density at radius 2 is 2.07 bits per heavy atom. The van der Waals surface area contributed by atoms with Crippen LogP contribution in [-0.4, -0.2) is 24.9 Å². The van der Waals surface area contributed by atoms with E-state index < -0.39 is 5.92 Å². The van der Waals surface area contributed by atoms with E-state index >= 15 is 0 Å². The normalized spacial score (nSPS) is 11.2. The second-order valence-corrected chi connectivity index (χ2v) is 2.85. The fraction of sp³-hybridized carbons (Fsp3) is 0.667. The van der Waals surface area contributed by atoms with E-state index in [-0.39, 0.29) is 24.8 Å². The standard InChI is InChI=1S/C9H15N3O2/c1-3-11-8(13)4-5-12-9(14)7(2)6-10/h7H,3-5H2,1-2H3,(H,11,13)(H,12,14). The monoisotopic (exact) mass is 197 g/mol. The summed E-state index contributed by atoms with van der Waals surface area (Å²) in [6.07, 6.45) is 0.248. The summed E-state index contributed by atoms with van der Waals surface area (Å²) in [5, 5.41) is 13.5. The molecule has 1 unspecified atom stereocenters. The molecule has 0 saturated heterocycles. The second kappa shape index (κ2) is 6.89. The van der Waals surface area contributed by atoms with E-state index in [1.807, 2.05) is 13.0 Å². The van der Waals surface area contributed by atoms with Crippen LogP contribution in [0.3, 0.4) is 0 Å². The van der Waals surface area contributed by atoms with Crippen molar-refractivity contribution in [1.29, 1.82) is 5.26 Å². The first-order chi connectivity index (χ1) is 6.61. The lowest BCUT2D eigenvalue weighted by Gasteiger charge is -2.05. The molecule has 2 N–H and O–H groups in total. The minimum Gasteiger partial charge on any atom is -0.356 e. The number of nitrogens with zero attached hydrogens (tertiary/aromatic N) is 1. The zero-order valence-corrected chi connectivity index (χ0v) is 8.46. The van der Waals surface area contributed by atoms with Crippen molar-refractivity contribution in [3.63, 3.8) is 0 Å². The van der Waals surface area contributed by atoms with E-state index in [9.17, 15) is 9.59 Å². The van der Waals surface area contributed by atoms with Gasteiger partial charge in [0.25, 0.3) is 0 Å². The maximum atomic E-state index is 11.0. The number of amides is 2. The third-order valence-corrected chi connectivity index (χ3v) is 1.61. The molecule has 0 radical (unpaired) electrons. The third-order valence-electron chi connectivity index (χ3n) is 1.61. The second-order valence-electron chi connectivity index (χ2n) is 2.85. The van der Waals surface area contributed by atoms with Gasteiger partial charge in [0, 0.05) is 19.5 Å². The summed E-state index contributed by atoms with van der Waals surface area (Å²) in [6.45, 7) is 4.20. The molecular formula is C9H15N3O2. The highest BCUT2D eigenvalue weighted by atomic mass is 16.2. The zero-order valence-electron chi connectivity index (χ0n) is 8.46. The molecule has 0 spiro atoms. The van der Waals surface area contributed by atoms with Crippen LogP contribution in [0.5, 0.6) is 0 Å². The highest BCUT2D eigenvalue weighted by molar-refractivity contribution is 5.81. The highest BCUT2D eigenvalue weighted by Crippen LogP contribution is 1.90. The Balaban J connectivity index is 3.60. The molecule has 0 aromatic carbocycles. The van der Waals surface area contributed by atoms with E-state index in [0.717, 1.165) is 0 Å². The molecule has 14 heavy (non-hydrogen) atoms. The van der Waals surface area contributed by atoms with Gasteiger partial charge in [0.1, 0.15) is 5.92 Å². The number of nitrogens with one attached hydrogen (secondary N) is 2.